The number of hydrogen-bond donors (Lipinski definition) is 0. The van der Waals surface area contributed by atoms with Crippen molar-refractivity contribution in [1.29, 1.82) is 0 Å². The molecule has 2 heterocycles. The summed E-state index contributed by atoms with van der Waals surface area (Å²) >= 11 is 1.60. The van der Waals surface area contributed by atoms with Crippen LogP contribution in [0.3, 0.4) is 0 Å². The predicted octanol–water partition coefficient (Wildman–Crippen LogP) is 3.26. The van der Waals surface area contributed by atoms with Crippen molar-refractivity contribution in [1.82, 2.24) is 4.98 Å². The Balaban J connectivity index is 2.53. The van der Waals surface area contributed by atoms with Gasteiger partial charge in [0.25, 0.3) is 0 Å². The van der Waals surface area contributed by atoms with Crippen molar-refractivity contribution in [2.24, 2.45) is 0 Å². The summed E-state index contributed by atoms with van der Waals surface area (Å²) in [4.78, 5) is 4.76. The molecule has 0 aromatic carbocycles. The van der Waals surface area contributed by atoms with Gasteiger partial charge in [-0.15, -0.1) is 11.3 Å². The van der Waals surface area contributed by atoms with Gasteiger partial charge in [-0.05, 0) is 30.0 Å². The Morgan fingerprint density at radius 2 is 2.23 bits per heavy atom. The van der Waals surface area contributed by atoms with E-state index >= 15 is 0 Å². The van der Waals surface area contributed by atoms with Gasteiger partial charge < -0.3 is 0 Å². The molecule has 0 bridgehead atoms. The summed E-state index contributed by atoms with van der Waals surface area (Å²) in [6.07, 6.45) is 0. The van der Waals surface area contributed by atoms with Crippen molar-refractivity contribution in [2.75, 3.05) is 0 Å². The summed E-state index contributed by atoms with van der Waals surface area (Å²) in [6.45, 7) is 1.79. The Labute approximate surface area is 79.9 Å². The molecule has 3 heteroatoms. The van der Waals surface area contributed by atoms with E-state index in [1.807, 2.05) is 23.6 Å². The summed E-state index contributed by atoms with van der Waals surface area (Å²) in [6, 6.07) is 7.26. The molecule has 0 amide bonds. The Hall–Kier alpha value is -1.22. The number of aryl methyl sites for hydroxylation is 1. The van der Waals surface area contributed by atoms with Crippen molar-refractivity contribution >= 4 is 11.3 Å². The third kappa shape index (κ3) is 1.75. The van der Waals surface area contributed by atoms with E-state index < -0.39 is 5.95 Å². The molecule has 66 valence electrons. The fourth-order valence-electron chi connectivity index (χ4n) is 1.21. The summed E-state index contributed by atoms with van der Waals surface area (Å²) < 4.78 is 12.9. The summed E-state index contributed by atoms with van der Waals surface area (Å²) in [5, 5.41) is 1.98. The van der Waals surface area contributed by atoms with Gasteiger partial charge in [0.05, 0.1) is 0 Å². The number of pyridine rings is 1. The second-order valence-electron chi connectivity index (χ2n) is 2.80. The molecule has 2 aromatic rings. The molecule has 0 fully saturated rings. The molecule has 0 saturated heterocycles. The van der Waals surface area contributed by atoms with E-state index in [-0.39, 0.29) is 0 Å². The lowest BCUT2D eigenvalue weighted by Crippen LogP contribution is -1.87. The minimum atomic E-state index is -0.414. The fourth-order valence-corrected chi connectivity index (χ4v) is 1.93. The molecule has 0 atom stereocenters. The smallest absolute Gasteiger partial charge is 0.213 e. The van der Waals surface area contributed by atoms with Gasteiger partial charge in [0, 0.05) is 16.6 Å². The predicted molar refractivity (Wildman–Crippen MR) is 52.2 cm³/mol. The number of nitrogens with zero attached hydrogens (tertiary/aromatic N) is 1. The van der Waals surface area contributed by atoms with Crippen LogP contribution in [-0.4, -0.2) is 4.98 Å². The quantitative estimate of drug-likeness (QED) is 0.633. The van der Waals surface area contributed by atoms with E-state index in [0.29, 0.717) is 5.69 Å². The normalized spacial score (nSPS) is 10.3. The lowest BCUT2D eigenvalue weighted by molar-refractivity contribution is 0.581. The Morgan fingerprint density at radius 3 is 2.85 bits per heavy atom. The number of hydrogen-bond acceptors (Lipinski definition) is 2. The highest BCUT2D eigenvalue weighted by Gasteiger charge is 2.02. The molecule has 13 heavy (non-hydrogen) atoms. The van der Waals surface area contributed by atoms with Crippen molar-refractivity contribution in [3.05, 3.63) is 41.3 Å². The molecular weight excluding hydrogens is 185 g/mol. The molecule has 0 unspecified atom stereocenters. The zero-order valence-electron chi connectivity index (χ0n) is 7.12. The van der Waals surface area contributed by atoms with Crippen molar-refractivity contribution in [2.45, 2.75) is 6.92 Å². The minimum absolute atomic E-state index is 0.414. The van der Waals surface area contributed by atoms with Gasteiger partial charge in [-0.25, -0.2) is 4.98 Å². The Kier molecular flexibility index (Phi) is 2.10. The van der Waals surface area contributed by atoms with E-state index in [4.69, 9.17) is 0 Å². The second-order valence-corrected chi connectivity index (χ2v) is 3.74. The van der Waals surface area contributed by atoms with Crippen LogP contribution in [0.4, 0.5) is 4.39 Å². The van der Waals surface area contributed by atoms with Crippen LogP contribution in [-0.2, 0) is 0 Å². The summed E-state index contributed by atoms with van der Waals surface area (Å²) in [5.74, 6) is -0.414. The number of aromatic nitrogens is 1. The zero-order valence-corrected chi connectivity index (χ0v) is 7.94. The molecule has 0 aliphatic carbocycles. The van der Waals surface area contributed by atoms with Crippen LogP contribution < -0.4 is 0 Å². The highest BCUT2D eigenvalue weighted by molar-refractivity contribution is 7.13. The Bertz CT molecular complexity index is 389. The van der Waals surface area contributed by atoms with Crippen LogP contribution in [0, 0.1) is 12.9 Å². The van der Waals surface area contributed by atoms with Gasteiger partial charge in [-0.1, -0.05) is 6.07 Å². The maximum absolute atomic E-state index is 12.9. The average Bonchev–Trinajstić information content (AvgIpc) is 2.53. The molecule has 2 rings (SSSR count). The third-order valence-corrected chi connectivity index (χ3v) is 2.65. The van der Waals surface area contributed by atoms with E-state index in [0.717, 1.165) is 10.4 Å². The third-order valence-electron chi connectivity index (χ3n) is 1.73. The van der Waals surface area contributed by atoms with E-state index in [1.54, 1.807) is 18.3 Å². The van der Waals surface area contributed by atoms with Gasteiger partial charge >= 0.3 is 0 Å². The van der Waals surface area contributed by atoms with E-state index in [9.17, 15) is 4.39 Å². The first-order valence-electron chi connectivity index (χ1n) is 3.94. The molecule has 0 aliphatic rings. The maximum atomic E-state index is 12.9. The summed E-state index contributed by atoms with van der Waals surface area (Å²) in [5.41, 5.74) is 1.61. The lowest BCUT2D eigenvalue weighted by atomic mass is 10.2. The summed E-state index contributed by atoms with van der Waals surface area (Å²) in [7, 11) is 0. The molecular formula is C10H8FNS. The highest BCUT2D eigenvalue weighted by atomic mass is 32.1. The van der Waals surface area contributed by atoms with Gasteiger partial charge in [0.1, 0.15) is 0 Å². The average molecular weight is 193 g/mol. The van der Waals surface area contributed by atoms with Crippen LogP contribution in [0.25, 0.3) is 10.4 Å². The number of halogens is 1. The largest absolute Gasteiger partial charge is 0.225 e. The standard InChI is InChI=1S/C10H8FNS/c1-7-5-8(6-10(11)12-7)9-3-2-4-13-9/h2-6H,1H3. The van der Waals surface area contributed by atoms with Crippen LogP contribution >= 0.6 is 11.3 Å². The van der Waals surface area contributed by atoms with Crippen LogP contribution in [0.2, 0.25) is 0 Å². The number of thiophene rings is 1. The van der Waals surface area contributed by atoms with Gasteiger partial charge in [-0.3, -0.25) is 0 Å². The second kappa shape index (κ2) is 3.26. The molecule has 0 saturated carbocycles. The van der Waals surface area contributed by atoms with E-state index in [1.165, 1.54) is 6.07 Å². The monoisotopic (exact) mass is 193 g/mol. The van der Waals surface area contributed by atoms with Crippen LogP contribution in [0.5, 0.6) is 0 Å². The van der Waals surface area contributed by atoms with Crippen molar-refractivity contribution in [3.8, 4) is 10.4 Å². The van der Waals surface area contributed by atoms with Gasteiger partial charge in [0.15, 0.2) is 0 Å². The topological polar surface area (TPSA) is 12.9 Å². The number of rotatable bonds is 1. The zero-order chi connectivity index (χ0) is 9.26. The molecule has 2 aromatic heterocycles. The fraction of sp³-hybridized carbons (Fsp3) is 0.100. The highest BCUT2D eigenvalue weighted by Crippen LogP contribution is 2.25. The minimum Gasteiger partial charge on any atom is -0.225 e. The Morgan fingerprint density at radius 1 is 1.38 bits per heavy atom. The first-order chi connectivity index (χ1) is 6.25. The van der Waals surface area contributed by atoms with Crippen molar-refractivity contribution in [3.63, 3.8) is 0 Å². The SMILES string of the molecule is Cc1cc(-c2cccs2)cc(F)n1. The molecule has 0 spiro atoms. The van der Waals surface area contributed by atoms with Crippen LogP contribution in [0.1, 0.15) is 5.69 Å². The lowest BCUT2D eigenvalue weighted by Gasteiger charge is -1.98. The first-order valence-corrected chi connectivity index (χ1v) is 4.82. The van der Waals surface area contributed by atoms with Gasteiger partial charge in [-0.2, -0.15) is 4.39 Å². The van der Waals surface area contributed by atoms with Crippen molar-refractivity contribution < 1.29 is 4.39 Å². The maximum Gasteiger partial charge on any atom is 0.213 e. The van der Waals surface area contributed by atoms with E-state index in [2.05, 4.69) is 4.98 Å². The van der Waals surface area contributed by atoms with Crippen LogP contribution in [0.15, 0.2) is 29.6 Å². The van der Waals surface area contributed by atoms with Gasteiger partial charge in [0.2, 0.25) is 5.95 Å². The molecule has 0 aliphatic heterocycles. The molecule has 0 N–H and O–H groups in total. The molecule has 1 nitrogen and oxygen atoms in total. The molecule has 0 radical (unpaired) electrons. The first kappa shape index (κ1) is 8.38.